The van der Waals surface area contributed by atoms with Gasteiger partial charge in [0.05, 0.1) is 12.2 Å². The van der Waals surface area contributed by atoms with Crippen LogP contribution in [0.3, 0.4) is 0 Å². The highest BCUT2D eigenvalue weighted by Gasteiger charge is 2.38. The topological polar surface area (TPSA) is 97.6 Å². The van der Waals surface area contributed by atoms with Crippen LogP contribution in [0.1, 0.15) is 77.4 Å². The number of rotatable bonds is 5. The van der Waals surface area contributed by atoms with Gasteiger partial charge in [0.15, 0.2) is 5.82 Å². The van der Waals surface area contributed by atoms with Gasteiger partial charge < -0.3 is 19.5 Å². The lowest BCUT2D eigenvalue weighted by molar-refractivity contribution is -0.143. The summed E-state index contributed by atoms with van der Waals surface area (Å²) in [6.45, 7) is 6.72. The summed E-state index contributed by atoms with van der Waals surface area (Å²) in [6, 6.07) is 0. The molecular formula is C20H32N4O4. The summed E-state index contributed by atoms with van der Waals surface area (Å²) in [5.74, 6) is 0.985. The van der Waals surface area contributed by atoms with E-state index in [2.05, 4.69) is 15.5 Å². The van der Waals surface area contributed by atoms with Crippen LogP contribution in [0.2, 0.25) is 0 Å². The smallest absolute Gasteiger partial charge is 0.227 e. The Bertz CT molecular complexity index is 672. The lowest BCUT2D eigenvalue weighted by atomic mass is 9.89. The fraction of sp³-hybridized carbons (Fsp3) is 0.800. The Kier molecular flexibility index (Phi) is 6.69. The SMILES string of the molecule is CC(=O)NC1(c2noc(CCC(=O)N3CC(C)OC(C)C3)n2)CCCCCC1. The fourth-order valence-electron chi connectivity index (χ4n) is 4.38. The first-order valence-corrected chi connectivity index (χ1v) is 10.4. The second-order valence-electron chi connectivity index (χ2n) is 8.25. The van der Waals surface area contributed by atoms with Gasteiger partial charge in [0.1, 0.15) is 5.54 Å². The Morgan fingerprint density at radius 1 is 1.14 bits per heavy atom. The zero-order valence-corrected chi connectivity index (χ0v) is 17.2. The van der Waals surface area contributed by atoms with Gasteiger partial charge in [-0.15, -0.1) is 0 Å². The van der Waals surface area contributed by atoms with Crippen molar-refractivity contribution in [3.05, 3.63) is 11.7 Å². The van der Waals surface area contributed by atoms with Crippen LogP contribution in [-0.4, -0.2) is 52.2 Å². The predicted molar refractivity (Wildman–Crippen MR) is 102 cm³/mol. The van der Waals surface area contributed by atoms with E-state index in [0.29, 0.717) is 37.6 Å². The highest BCUT2D eigenvalue weighted by Crippen LogP contribution is 2.34. The van der Waals surface area contributed by atoms with Crippen molar-refractivity contribution in [2.75, 3.05) is 13.1 Å². The van der Waals surface area contributed by atoms with Crippen LogP contribution < -0.4 is 5.32 Å². The predicted octanol–water partition coefficient (Wildman–Crippen LogP) is 2.32. The molecule has 0 radical (unpaired) electrons. The summed E-state index contributed by atoms with van der Waals surface area (Å²) in [5, 5.41) is 7.25. The molecule has 1 aromatic heterocycles. The van der Waals surface area contributed by atoms with E-state index < -0.39 is 5.54 Å². The van der Waals surface area contributed by atoms with Crippen molar-refractivity contribution in [2.45, 2.75) is 89.9 Å². The molecule has 8 heteroatoms. The number of morpholine rings is 1. The number of ether oxygens (including phenoxy) is 1. The number of hydrogen-bond acceptors (Lipinski definition) is 6. The molecule has 0 bridgehead atoms. The van der Waals surface area contributed by atoms with E-state index in [0.717, 1.165) is 38.5 Å². The maximum atomic E-state index is 12.5. The zero-order chi connectivity index (χ0) is 20.1. The second kappa shape index (κ2) is 9.03. The van der Waals surface area contributed by atoms with E-state index in [1.807, 2.05) is 18.7 Å². The molecule has 28 heavy (non-hydrogen) atoms. The number of carbonyl (C=O) groups is 2. The molecule has 2 aliphatic rings. The first-order chi connectivity index (χ1) is 13.4. The summed E-state index contributed by atoms with van der Waals surface area (Å²) in [7, 11) is 0. The molecule has 0 aromatic carbocycles. The molecule has 8 nitrogen and oxygen atoms in total. The summed E-state index contributed by atoms with van der Waals surface area (Å²) >= 11 is 0. The number of aryl methyl sites for hydroxylation is 1. The van der Waals surface area contributed by atoms with Crippen molar-refractivity contribution in [2.24, 2.45) is 0 Å². The average molecular weight is 393 g/mol. The van der Waals surface area contributed by atoms with Gasteiger partial charge in [0.25, 0.3) is 0 Å². The van der Waals surface area contributed by atoms with Gasteiger partial charge in [0, 0.05) is 32.9 Å². The third kappa shape index (κ3) is 5.10. The fourth-order valence-corrected chi connectivity index (χ4v) is 4.38. The highest BCUT2D eigenvalue weighted by atomic mass is 16.5. The first kappa shape index (κ1) is 20.8. The van der Waals surface area contributed by atoms with Crippen molar-refractivity contribution >= 4 is 11.8 Å². The van der Waals surface area contributed by atoms with Crippen LogP contribution in [0.5, 0.6) is 0 Å². The summed E-state index contributed by atoms with van der Waals surface area (Å²) in [5.41, 5.74) is -0.552. The van der Waals surface area contributed by atoms with Crippen molar-refractivity contribution < 1.29 is 18.8 Å². The Hall–Kier alpha value is -1.96. The van der Waals surface area contributed by atoms with E-state index in [4.69, 9.17) is 9.26 Å². The Morgan fingerprint density at radius 2 is 1.79 bits per heavy atom. The molecule has 2 amide bonds. The van der Waals surface area contributed by atoms with Crippen molar-refractivity contribution in [1.82, 2.24) is 20.4 Å². The molecule has 3 rings (SSSR count). The average Bonchev–Trinajstić information content (AvgIpc) is 2.99. The zero-order valence-electron chi connectivity index (χ0n) is 17.2. The molecule has 0 spiro atoms. The summed E-state index contributed by atoms with van der Waals surface area (Å²) in [4.78, 5) is 30.8. The number of nitrogens with zero attached hydrogens (tertiary/aromatic N) is 3. The highest BCUT2D eigenvalue weighted by molar-refractivity contribution is 5.76. The molecule has 1 aliphatic carbocycles. The lowest BCUT2D eigenvalue weighted by Crippen LogP contribution is -2.48. The van der Waals surface area contributed by atoms with Crippen LogP contribution in [0, 0.1) is 0 Å². The van der Waals surface area contributed by atoms with E-state index in [1.54, 1.807) is 0 Å². The molecule has 1 aromatic rings. The monoisotopic (exact) mass is 392 g/mol. The quantitative estimate of drug-likeness (QED) is 0.773. The van der Waals surface area contributed by atoms with E-state index >= 15 is 0 Å². The third-order valence-electron chi connectivity index (χ3n) is 5.59. The number of amides is 2. The Morgan fingerprint density at radius 3 is 2.39 bits per heavy atom. The molecule has 1 saturated carbocycles. The number of hydrogen-bond donors (Lipinski definition) is 1. The van der Waals surface area contributed by atoms with Crippen molar-refractivity contribution in [1.29, 1.82) is 0 Å². The maximum absolute atomic E-state index is 12.5. The minimum Gasteiger partial charge on any atom is -0.372 e. The summed E-state index contributed by atoms with van der Waals surface area (Å²) in [6.07, 6.45) is 6.81. The number of nitrogens with one attached hydrogen (secondary N) is 1. The van der Waals surface area contributed by atoms with E-state index in [1.165, 1.54) is 6.92 Å². The van der Waals surface area contributed by atoms with E-state index in [9.17, 15) is 9.59 Å². The van der Waals surface area contributed by atoms with Gasteiger partial charge in [-0.05, 0) is 26.7 Å². The number of carbonyl (C=O) groups excluding carboxylic acids is 2. The van der Waals surface area contributed by atoms with Crippen LogP contribution in [0.15, 0.2) is 4.52 Å². The van der Waals surface area contributed by atoms with Crippen molar-refractivity contribution in [3.63, 3.8) is 0 Å². The molecule has 2 fully saturated rings. The van der Waals surface area contributed by atoms with Gasteiger partial charge in [-0.2, -0.15) is 4.98 Å². The molecule has 2 heterocycles. The standard InChI is InChI=1S/C20H32N4O4/c1-14-12-24(13-15(2)27-14)18(26)9-8-17-21-19(23-28-17)20(22-16(3)25)10-6-4-5-7-11-20/h14-15H,4-13H2,1-3H3,(H,22,25). The van der Waals surface area contributed by atoms with Gasteiger partial charge in [0.2, 0.25) is 17.7 Å². The Balaban J connectivity index is 1.63. The molecule has 1 aliphatic heterocycles. The van der Waals surface area contributed by atoms with Gasteiger partial charge >= 0.3 is 0 Å². The molecule has 1 saturated heterocycles. The van der Waals surface area contributed by atoms with E-state index in [-0.39, 0.29) is 24.0 Å². The van der Waals surface area contributed by atoms with Crippen LogP contribution in [0.4, 0.5) is 0 Å². The second-order valence-corrected chi connectivity index (χ2v) is 8.25. The van der Waals surface area contributed by atoms with Crippen LogP contribution >= 0.6 is 0 Å². The van der Waals surface area contributed by atoms with Crippen LogP contribution in [-0.2, 0) is 26.3 Å². The largest absolute Gasteiger partial charge is 0.372 e. The molecule has 2 atom stereocenters. The minimum atomic E-state index is -0.552. The van der Waals surface area contributed by atoms with Crippen LogP contribution in [0.25, 0.3) is 0 Å². The van der Waals surface area contributed by atoms with Gasteiger partial charge in [-0.3, -0.25) is 9.59 Å². The lowest BCUT2D eigenvalue weighted by Gasteiger charge is -2.35. The van der Waals surface area contributed by atoms with Crippen molar-refractivity contribution in [3.8, 4) is 0 Å². The Labute approximate surface area is 166 Å². The minimum absolute atomic E-state index is 0.0513. The molecule has 1 N–H and O–H groups in total. The molecular weight excluding hydrogens is 360 g/mol. The first-order valence-electron chi connectivity index (χ1n) is 10.4. The normalized spacial score (nSPS) is 25.2. The maximum Gasteiger partial charge on any atom is 0.227 e. The third-order valence-corrected chi connectivity index (χ3v) is 5.59. The summed E-state index contributed by atoms with van der Waals surface area (Å²) < 4.78 is 11.1. The van der Waals surface area contributed by atoms with Gasteiger partial charge in [-0.25, -0.2) is 0 Å². The van der Waals surface area contributed by atoms with Gasteiger partial charge in [-0.1, -0.05) is 30.8 Å². The molecule has 156 valence electrons. The number of aromatic nitrogens is 2. The molecule has 2 unspecified atom stereocenters.